The zero-order valence-corrected chi connectivity index (χ0v) is 11.2. The molecule has 9 heteroatoms. The first-order valence-corrected chi connectivity index (χ1v) is 7.94. The van der Waals surface area contributed by atoms with Gasteiger partial charge in [-0.3, -0.25) is 14.2 Å². The smallest absolute Gasteiger partial charge is 0.336 e. The van der Waals surface area contributed by atoms with Crippen LogP contribution in [0.2, 0.25) is 0 Å². The van der Waals surface area contributed by atoms with Crippen molar-refractivity contribution in [1.82, 2.24) is 0 Å². The molecule has 17 heavy (non-hydrogen) atoms. The zero-order chi connectivity index (χ0) is 13.7. The number of hydrogen-bond donors (Lipinski definition) is 4. The Labute approximate surface area is 100 Å². The first-order valence-electron chi connectivity index (χ1n) is 4.83. The molecular weight excluding hydrogens is 270 g/mol. The van der Waals surface area contributed by atoms with E-state index in [1.54, 1.807) is 0 Å². The second-order valence-electron chi connectivity index (χ2n) is 3.64. The maximum absolute atomic E-state index is 11.4. The molecule has 7 nitrogen and oxygen atoms in total. The number of carboxylic acids is 2. The van der Waals surface area contributed by atoms with Gasteiger partial charge in [0.15, 0.2) is 0 Å². The van der Waals surface area contributed by atoms with Crippen molar-refractivity contribution in [1.29, 1.82) is 0 Å². The maximum Gasteiger partial charge on any atom is 0.336 e. The monoisotopic (exact) mass is 286 g/mol. The molecule has 0 radical (unpaired) electrons. The van der Waals surface area contributed by atoms with Gasteiger partial charge in [-0.05, 0) is 19.5 Å². The average molecular weight is 286 g/mol. The number of carboxylic acid groups (broad SMARTS) is 2. The zero-order valence-electron chi connectivity index (χ0n) is 9.29. The summed E-state index contributed by atoms with van der Waals surface area (Å²) in [6, 6.07) is 0. The lowest BCUT2D eigenvalue weighted by Crippen LogP contribution is -2.27. The molecule has 0 aromatic heterocycles. The molecule has 0 rings (SSSR count). The molecule has 100 valence electrons. The van der Waals surface area contributed by atoms with E-state index in [4.69, 9.17) is 10.2 Å². The van der Waals surface area contributed by atoms with Gasteiger partial charge in [0.2, 0.25) is 0 Å². The third-order valence-corrected chi connectivity index (χ3v) is 6.85. The fraction of sp³-hybridized carbons (Fsp3) is 0.750. The minimum absolute atomic E-state index is 0.0502. The summed E-state index contributed by atoms with van der Waals surface area (Å²) in [5.41, 5.74) is 0. The first-order chi connectivity index (χ1) is 7.64. The van der Waals surface area contributed by atoms with Crippen LogP contribution in [0, 0.1) is 0 Å². The van der Waals surface area contributed by atoms with Crippen molar-refractivity contribution in [2.75, 3.05) is 6.66 Å². The van der Waals surface area contributed by atoms with Crippen LogP contribution in [0.1, 0.15) is 25.7 Å². The molecule has 0 fully saturated rings. The molecular formula is C8H16O7P2. The van der Waals surface area contributed by atoms with E-state index < -0.39 is 30.9 Å². The largest absolute Gasteiger partial charge is 0.481 e. The fourth-order valence-electron chi connectivity index (χ4n) is 1.48. The van der Waals surface area contributed by atoms with Crippen molar-refractivity contribution >= 4 is 28.1 Å². The van der Waals surface area contributed by atoms with Crippen LogP contribution in [0.3, 0.4) is 0 Å². The number of aliphatic carboxylic acids is 2. The predicted octanol–water partition coefficient (Wildman–Crippen LogP) is 0.898. The summed E-state index contributed by atoms with van der Waals surface area (Å²) < 4.78 is 11.4. The Hall–Kier alpha value is -0.480. The van der Waals surface area contributed by atoms with Crippen LogP contribution in [0.15, 0.2) is 0 Å². The quantitative estimate of drug-likeness (QED) is 0.487. The Balaban J connectivity index is 4.87. The molecule has 0 aromatic rings. The van der Waals surface area contributed by atoms with E-state index in [9.17, 15) is 23.9 Å². The minimum Gasteiger partial charge on any atom is -0.481 e. The topological polar surface area (TPSA) is 132 Å². The Kier molecular flexibility index (Phi) is 6.27. The Morgan fingerprint density at radius 1 is 1.24 bits per heavy atom. The molecule has 0 bridgehead atoms. The van der Waals surface area contributed by atoms with Gasteiger partial charge in [-0.15, -0.1) is 8.58 Å². The van der Waals surface area contributed by atoms with Crippen molar-refractivity contribution in [3.05, 3.63) is 0 Å². The van der Waals surface area contributed by atoms with Crippen molar-refractivity contribution in [2.45, 2.75) is 30.6 Å². The molecule has 0 amide bonds. The molecule has 0 aliphatic rings. The summed E-state index contributed by atoms with van der Waals surface area (Å²) in [5, 5.41) is 17.2. The van der Waals surface area contributed by atoms with Gasteiger partial charge in [0.1, 0.15) is 0 Å². The Bertz CT molecular complexity index is 337. The van der Waals surface area contributed by atoms with Gasteiger partial charge >= 0.3 is 19.5 Å². The van der Waals surface area contributed by atoms with Crippen LogP contribution in [0.5, 0.6) is 0 Å². The van der Waals surface area contributed by atoms with E-state index in [1.165, 1.54) is 6.66 Å². The second kappa shape index (κ2) is 6.45. The molecule has 0 saturated heterocycles. The van der Waals surface area contributed by atoms with Crippen molar-refractivity contribution < 1.29 is 34.2 Å². The molecule has 2 unspecified atom stereocenters. The van der Waals surface area contributed by atoms with Gasteiger partial charge in [-0.25, -0.2) is 0 Å². The predicted molar refractivity (Wildman–Crippen MR) is 62.8 cm³/mol. The van der Waals surface area contributed by atoms with E-state index in [2.05, 4.69) is 0 Å². The standard InChI is InChI=1S/C8H16O7P2/c1-16-8(5-7(11)12,17(13,14)15)4-2-3-6(9)10/h16H,2-5H2,1H3,(H,9,10)(H,11,12)(H2,13,14,15). The highest BCUT2D eigenvalue weighted by molar-refractivity contribution is 7.66. The lowest BCUT2D eigenvalue weighted by atomic mass is 10.1. The third-order valence-electron chi connectivity index (χ3n) is 2.45. The summed E-state index contributed by atoms with van der Waals surface area (Å²) in [6.45, 7) is 1.52. The van der Waals surface area contributed by atoms with Crippen molar-refractivity contribution in [2.24, 2.45) is 0 Å². The van der Waals surface area contributed by atoms with Gasteiger partial charge in [-0.2, -0.15) is 0 Å². The Morgan fingerprint density at radius 2 is 1.76 bits per heavy atom. The molecule has 0 aromatic carbocycles. The normalized spacial score (nSPS) is 15.9. The SMILES string of the molecule is CPC(CCCC(=O)O)(CC(=O)O)P(=O)(O)O. The van der Waals surface area contributed by atoms with Crippen LogP contribution in [0.4, 0.5) is 0 Å². The van der Waals surface area contributed by atoms with Gasteiger partial charge < -0.3 is 20.0 Å². The first kappa shape index (κ1) is 16.5. The molecule has 0 aliphatic heterocycles. The van der Waals surface area contributed by atoms with Gasteiger partial charge in [0.05, 0.1) is 11.3 Å². The van der Waals surface area contributed by atoms with Gasteiger partial charge in [0, 0.05) is 6.42 Å². The van der Waals surface area contributed by atoms with Crippen LogP contribution >= 0.6 is 16.2 Å². The van der Waals surface area contributed by atoms with Gasteiger partial charge in [0.25, 0.3) is 0 Å². The molecule has 4 N–H and O–H groups in total. The molecule has 0 spiro atoms. The average Bonchev–Trinajstić information content (AvgIpc) is 2.13. The lowest BCUT2D eigenvalue weighted by Gasteiger charge is -2.31. The summed E-state index contributed by atoms with van der Waals surface area (Å²) in [4.78, 5) is 37.9. The summed E-state index contributed by atoms with van der Waals surface area (Å²) in [6.07, 6.45) is -0.933. The van der Waals surface area contributed by atoms with E-state index in [0.29, 0.717) is 0 Å². The highest BCUT2D eigenvalue weighted by Crippen LogP contribution is 2.63. The van der Waals surface area contributed by atoms with Crippen molar-refractivity contribution in [3.63, 3.8) is 0 Å². The molecule has 0 saturated carbocycles. The maximum atomic E-state index is 11.4. The highest BCUT2D eigenvalue weighted by atomic mass is 31.2. The number of hydrogen-bond acceptors (Lipinski definition) is 3. The number of carbonyl (C=O) groups is 2. The summed E-state index contributed by atoms with van der Waals surface area (Å²) in [5.74, 6) is -2.36. The summed E-state index contributed by atoms with van der Waals surface area (Å²) in [7, 11) is -4.85. The lowest BCUT2D eigenvalue weighted by molar-refractivity contribution is -0.137. The van der Waals surface area contributed by atoms with Crippen LogP contribution in [0.25, 0.3) is 0 Å². The summed E-state index contributed by atoms with van der Waals surface area (Å²) >= 11 is 0. The highest BCUT2D eigenvalue weighted by Gasteiger charge is 2.46. The van der Waals surface area contributed by atoms with Crippen LogP contribution in [-0.4, -0.2) is 43.5 Å². The van der Waals surface area contributed by atoms with E-state index in [-0.39, 0.29) is 27.8 Å². The molecule has 2 atom stereocenters. The third kappa shape index (κ3) is 5.13. The van der Waals surface area contributed by atoms with Gasteiger partial charge in [-0.1, -0.05) is 0 Å². The van der Waals surface area contributed by atoms with Crippen LogP contribution < -0.4 is 0 Å². The van der Waals surface area contributed by atoms with E-state index >= 15 is 0 Å². The van der Waals surface area contributed by atoms with E-state index in [0.717, 1.165) is 0 Å². The molecule has 0 heterocycles. The molecule has 0 aliphatic carbocycles. The van der Waals surface area contributed by atoms with E-state index in [1.807, 2.05) is 0 Å². The van der Waals surface area contributed by atoms with Crippen LogP contribution in [-0.2, 0) is 14.2 Å². The van der Waals surface area contributed by atoms with Crippen molar-refractivity contribution in [3.8, 4) is 0 Å². The Morgan fingerprint density at radius 3 is 2.06 bits per heavy atom. The fourth-order valence-corrected chi connectivity index (χ4v) is 4.19. The second-order valence-corrected chi connectivity index (χ2v) is 7.47. The number of rotatable bonds is 8. The minimum atomic E-state index is -4.58.